The van der Waals surface area contributed by atoms with Crippen LogP contribution in [0.1, 0.15) is 25.3 Å². The van der Waals surface area contributed by atoms with E-state index in [2.05, 4.69) is 5.32 Å². The largest absolute Gasteiger partial charge is 0.480 e. The zero-order valence-corrected chi connectivity index (χ0v) is 11.6. The molecule has 0 bridgehead atoms. The van der Waals surface area contributed by atoms with Crippen LogP contribution in [0.3, 0.4) is 0 Å². The first kappa shape index (κ1) is 14.5. The van der Waals surface area contributed by atoms with E-state index in [0.29, 0.717) is 19.5 Å². The molecule has 1 aliphatic heterocycles. The van der Waals surface area contributed by atoms with Crippen LogP contribution in [-0.2, 0) is 16.1 Å². The number of carboxylic acid groups (broad SMARTS) is 1. The molecular weight excluding hydrogens is 256 g/mol. The number of hydrogen-bond acceptors (Lipinski definition) is 3. The van der Waals surface area contributed by atoms with Gasteiger partial charge in [0.25, 0.3) is 0 Å². The number of nitrogens with one attached hydrogen (secondary N) is 1. The quantitative estimate of drug-likeness (QED) is 0.849. The molecule has 2 atom stereocenters. The van der Waals surface area contributed by atoms with Crippen molar-refractivity contribution in [1.29, 1.82) is 0 Å². The van der Waals surface area contributed by atoms with Crippen LogP contribution in [0.4, 0.5) is 0 Å². The summed E-state index contributed by atoms with van der Waals surface area (Å²) >= 11 is 0. The normalized spacial score (nSPS) is 19.9. The summed E-state index contributed by atoms with van der Waals surface area (Å²) in [6, 6.07) is 8.77. The second-order valence-electron chi connectivity index (χ2n) is 5.12. The molecule has 5 nitrogen and oxygen atoms in total. The van der Waals surface area contributed by atoms with Gasteiger partial charge in [-0.25, -0.2) is 4.79 Å². The van der Waals surface area contributed by atoms with E-state index in [9.17, 15) is 9.59 Å². The number of benzene rings is 1. The van der Waals surface area contributed by atoms with E-state index in [-0.39, 0.29) is 11.9 Å². The van der Waals surface area contributed by atoms with Crippen LogP contribution in [-0.4, -0.2) is 40.5 Å². The summed E-state index contributed by atoms with van der Waals surface area (Å²) in [6.07, 6.45) is 1.31. The van der Waals surface area contributed by atoms with E-state index in [1.54, 1.807) is 6.92 Å². The average Bonchev–Trinajstić information content (AvgIpc) is 2.94. The smallest absolute Gasteiger partial charge is 0.326 e. The number of carbonyl (C=O) groups excluding carboxylic acids is 1. The number of carbonyl (C=O) groups is 2. The molecule has 0 spiro atoms. The van der Waals surface area contributed by atoms with Crippen molar-refractivity contribution in [3.63, 3.8) is 0 Å². The average molecular weight is 276 g/mol. The monoisotopic (exact) mass is 276 g/mol. The predicted molar refractivity (Wildman–Crippen MR) is 75.1 cm³/mol. The molecule has 1 aliphatic rings. The van der Waals surface area contributed by atoms with Crippen molar-refractivity contribution in [2.75, 3.05) is 6.54 Å². The zero-order chi connectivity index (χ0) is 14.5. The van der Waals surface area contributed by atoms with Crippen molar-refractivity contribution in [2.24, 2.45) is 0 Å². The number of likely N-dealkylation sites (tertiary alicyclic amines) is 1. The highest BCUT2D eigenvalue weighted by Gasteiger charge is 2.35. The molecule has 5 heteroatoms. The molecule has 0 radical (unpaired) electrons. The second kappa shape index (κ2) is 6.52. The lowest BCUT2D eigenvalue weighted by atomic mass is 10.2. The molecule has 20 heavy (non-hydrogen) atoms. The van der Waals surface area contributed by atoms with Gasteiger partial charge in [-0.05, 0) is 25.3 Å². The molecule has 0 aromatic heterocycles. The molecule has 1 fully saturated rings. The maximum Gasteiger partial charge on any atom is 0.326 e. The van der Waals surface area contributed by atoms with Crippen molar-refractivity contribution >= 4 is 11.9 Å². The van der Waals surface area contributed by atoms with Crippen LogP contribution in [0.15, 0.2) is 30.3 Å². The highest BCUT2D eigenvalue weighted by molar-refractivity contribution is 5.87. The summed E-state index contributed by atoms with van der Waals surface area (Å²) in [6.45, 7) is 2.91. The minimum absolute atomic E-state index is 0.133. The van der Waals surface area contributed by atoms with Gasteiger partial charge in [0, 0.05) is 13.1 Å². The summed E-state index contributed by atoms with van der Waals surface area (Å²) in [5.41, 5.74) is 1.10. The van der Waals surface area contributed by atoms with E-state index in [4.69, 9.17) is 5.11 Å². The van der Waals surface area contributed by atoms with Crippen molar-refractivity contribution in [2.45, 2.75) is 38.4 Å². The molecular formula is C15H20N2O3. The van der Waals surface area contributed by atoms with E-state index in [1.807, 2.05) is 30.3 Å². The standard InChI is InChI=1S/C15H20N2O3/c1-11(16-10-12-6-3-2-4-7-12)14(18)17-9-5-8-13(17)15(19)20/h2-4,6-7,11,13,16H,5,8-10H2,1H3,(H,19,20)/t11-,13?/m1/s1. The van der Waals surface area contributed by atoms with Crippen molar-refractivity contribution in [1.82, 2.24) is 10.2 Å². The molecule has 1 unspecified atom stereocenters. The summed E-state index contributed by atoms with van der Waals surface area (Å²) in [7, 11) is 0. The third-order valence-corrected chi connectivity index (χ3v) is 3.65. The fourth-order valence-electron chi connectivity index (χ4n) is 2.49. The van der Waals surface area contributed by atoms with Crippen LogP contribution in [0.25, 0.3) is 0 Å². The molecule has 1 aromatic carbocycles. The second-order valence-corrected chi connectivity index (χ2v) is 5.12. The maximum atomic E-state index is 12.3. The van der Waals surface area contributed by atoms with Gasteiger partial charge in [-0.3, -0.25) is 4.79 Å². The van der Waals surface area contributed by atoms with Crippen molar-refractivity contribution < 1.29 is 14.7 Å². The third kappa shape index (κ3) is 3.36. The highest BCUT2D eigenvalue weighted by atomic mass is 16.4. The fraction of sp³-hybridized carbons (Fsp3) is 0.467. The van der Waals surface area contributed by atoms with Gasteiger partial charge in [0.1, 0.15) is 6.04 Å². The van der Waals surface area contributed by atoms with Gasteiger partial charge >= 0.3 is 5.97 Å². The minimum atomic E-state index is -0.911. The molecule has 0 aliphatic carbocycles. The minimum Gasteiger partial charge on any atom is -0.480 e. The molecule has 0 saturated carbocycles. The van der Waals surface area contributed by atoms with Crippen LogP contribution in [0, 0.1) is 0 Å². The zero-order valence-electron chi connectivity index (χ0n) is 11.6. The molecule has 2 rings (SSSR count). The number of carboxylic acids is 1. The van der Waals surface area contributed by atoms with Crippen molar-refractivity contribution in [3.8, 4) is 0 Å². The van der Waals surface area contributed by atoms with E-state index in [0.717, 1.165) is 12.0 Å². The summed E-state index contributed by atoms with van der Waals surface area (Å²) < 4.78 is 0. The van der Waals surface area contributed by atoms with Gasteiger partial charge < -0.3 is 15.3 Å². The first-order valence-corrected chi connectivity index (χ1v) is 6.90. The molecule has 1 saturated heterocycles. The van der Waals surface area contributed by atoms with Gasteiger partial charge in [-0.2, -0.15) is 0 Å². The summed E-state index contributed by atoms with van der Waals surface area (Å²) in [5, 5.41) is 12.3. The highest BCUT2D eigenvalue weighted by Crippen LogP contribution is 2.18. The molecule has 1 heterocycles. The Hall–Kier alpha value is -1.88. The Kier molecular flexibility index (Phi) is 4.74. The Balaban J connectivity index is 1.90. The number of nitrogens with zero attached hydrogens (tertiary/aromatic N) is 1. The number of aliphatic carboxylic acids is 1. The van der Waals surface area contributed by atoms with Crippen molar-refractivity contribution in [3.05, 3.63) is 35.9 Å². The van der Waals surface area contributed by atoms with Crippen LogP contribution >= 0.6 is 0 Å². The van der Waals surface area contributed by atoms with E-state index < -0.39 is 12.0 Å². The molecule has 1 aromatic rings. The Labute approximate surface area is 118 Å². The number of hydrogen-bond donors (Lipinski definition) is 2. The lowest BCUT2D eigenvalue weighted by molar-refractivity contribution is -0.148. The van der Waals surface area contributed by atoms with Gasteiger partial charge in [-0.15, -0.1) is 0 Å². The first-order chi connectivity index (χ1) is 9.59. The Morgan fingerprint density at radius 1 is 1.40 bits per heavy atom. The SMILES string of the molecule is C[C@@H](NCc1ccccc1)C(=O)N1CCCC1C(=O)O. The van der Waals surface area contributed by atoms with Crippen LogP contribution in [0.5, 0.6) is 0 Å². The van der Waals surface area contributed by atoms with E-state index in [1.165, 1.54) is 4.90 Å². The Morgan fingerprint density at radius 3 is 2.75 bits per heavy atom. The molecule has 2 N–H and O–H groups in total. The van der Waals surface area contributed by atoms with Gasteiger partial charge in [0.05, 0.1) is 6.04 Å². The lowest BCUT2D eigenvalue weighted by Crippen LogP contribution is -2.48. The Morgan fingerprint density at radius 2 is 2.10 bits per heavy atom. The van der Waals surface area contributed by atoms with Gasteiger partial charge in [-0.1, -0.05) is 30.3 Å². The number of amides is 1. The number of rotatable bonds is 5. The maximum absolute atomic E-state index is 12.3. The van der Waals surface area contributed by atoms with E-state index >= 15 is 0 Å². The van der Waals surface area contributed by atoms with Crippen LogP contribution in [0.2, 0.25) is 0 Å². The lowest BCUT2D eigenvalue weighted by Gasteiger charge is -2.25. The fourth-order valence-corrected chi connectivity index (χ4v) is 2.49. The first-order valence-electron chi connectivity index (χ1n) is 6.90. The molecule has 1 amide bonds. The summed E-state index contributed by atoms with van der Waals surface area (Å²) in [5.74, 6) is -1.04. The Bertz CT molecular complexity index is 475. The van der Waals surface area contributed by atoms with Gasteiger partial charge in [0.15, 0.2) is 0 Å². The third-order valence-electron chi connectivity index (χ3n) is 3.65. The predicted octanol–water partition coefficient (Wildman–Crippen LogP) is 1.24. The van der Waals surface area contributed by atoms with Gasteiger partial charge in [0.2, 0.25) is 5.91 Å². The van der Waals surface area contributed by atoms with Crippen LogP contribution < -0.4 is 5.32 Å². The molecule has 108 valence electrons. The summed E-state index contributed by atoms with van der Waals surface area (Å²) in [4.78, 5) is 24.9. The topological polar surface area (TPSA) is 69.6 Å².